The lowest BCUT2D eigenvalue weighted by molar-refractivity contribution is 0.669. The summed E-state index contributed by atoms with van der Waals surface area (Å²) < 4.78 is 8.86. The minimum absolute atomic E-state index is 0.892. The van der Waals surface area contributed by atoms with Gasteiger partial charge in [-0.15, -0.1) is 11.3 Å². The van der Waals surface area contributed by atoms with Gasteiger partial charge in [0.15, 0.2) is 0 Å². The normalized spacial score (nSPS) is 11.7. The van der Waals surface area contributed by atoms with Gasteiger partial charge in [-0.2, -0.15) is 0 Å². The summed E-state index contributed by atoms with van der Waals surface area (Å²) in [5.74, 6) is 0. The predicted molar refractivity (Wildman–Crippen MR) is 210 cm³/mol. The van der Waals surface area contributed by atoms with Crippen molar-refractivity contribution in [2.45, 2.75) is 0 Å². The highest BCUT2D eigenvalue weighted by atomic mass is 32.1. The van der Waals surface area contributed by atoms with E-state index in [0.29, 0.717) is 0 Å². The van der Waals surface area contributed by atoms with Gasteiger partial charge < -0.3 is 9.32 Å². The average Bonchev–Trinajstić information content (AvgIpc) is 3.75. The number of furan rings is 1. The van der Waals surface area contributed by atoms with Crippen LogP contribution in [-0.4, -0.2) is 0 Å². The lowest BCUT2D eigenvalue weighted by Crippen LogP contribution is -2.09. The molecule has 49 heavy (non-hydrogen) atoms. The van der Waals surface area contributed by atoms with Gasteiger partial charge in [0.2, 0.25) is 0 Å². The number of benzene rings is 8. The Labute approximate surface area is 287 Å². The average molecular weight is 644 g/mol. The summed E-state index contributed by atoms with van der Waals surface area (Å²) in [7, 11) is 0. The first kappa shape index (κ1) is 27.9. The SMILES string of the molecule is c1ccc(-c2ccc(N(c3ccc(-c4cccc5sc6c7ccccc7ccc6c45)cc3)c3ccc4oc5ccccc5c4c3)cc2)cc1. The summed E-state index contributed by atoms with van der Waals surface area (Å²) in [6.07, 6.45) is 0. The van der Waals surface area contributed by atoms with Crippen molar-refractivity contribution in [2.24, 2.45) is 0 Å². The minimum Gasteiger partial charge on any atom is -0.456 e. The number of nitrogens with zero attached hydrogens (tertiary/aromatic N) is 1. The third-order valence-electron chi connectivity index (χ3n) is 9.67. The van der Waals surface area contributed by atoms with E-state index in [2.05, 4.69) is 169 Å². The second-order valence-electron chi connectivity index (χ2n) is 12.5. The fraction of sp³-hybridized carbons (Fsp3) is 0. The first-order valence-corrected chi connectivity index (χ1v) is 17.4. The van der Waals surface area contributed by atoms with Crippen LogP contribution in [0.1, 0.15) is 0 Å². The van der Waals surface area contributed by atoms with Crippen LogP contribution in [0.15, 0.2) is 180 Å². The zero-order chi connectivity index (χ0) is 32.3. The van der Waals surface area contributed by atoms with Crippen LogP contribution in [0.5, 0.6) is 0 Å². The molecule has 0 spiro atoms. The lowest BCUT2D eigenvalue weighted by Gasteiger charge is -2.26. The van der Waals surface area contributed by atoms with Crippen LogP contribution < -0.4 is 4.90 Å². The second kappa shape index (κ2) is 11.2. The van der Waals surface area contributed by atoms with Crippen molar-refractivity contribution in [3.63, 3.8) is 0 Å². The third-order valence-corrected chi connectivity index (χ3v) is 10.9. The van der Waals surface area contributed by atoms with E-state index in [1.807, 2.05) is 23.5 Å². The maximum Gasteiger partial charge on any atom is 0.135 e. The zero-order valence-corrected chi connectivity index (χ0v) is 27.3. The Bertz CT molecular complexity index is 2810. The highest BCUT2D eigenvalue weighted by Crippen LogP contribution is 2.44. The highest BCUT2D eigenvalue weighted by molar-refractivity contribution is 7.26. The van der Waals surface area contributed by atoms with Crippen LogP contribution in [0.2, 0.25) is 0 Å². The largest absolute Gasteiger partial charge is 0.456 e. The van der Waals surface area contributed by atoms with Crippen molar-refractivity contribution in [3.05, 3.63) is 176 Å². The number of fused-ring (bicyclic) bond motifs is 8. The summed E-state index contributed by atoms with van der Waals surface area (Å²) in [5.41, 5.74) is 9.93. The molecule has 0 fully saturated rings. The van der Waals surface area contributed by atoms with Crippen molar-refractivity contribution in [2.75, 3.05) is 4.90 Å². The highest BCUT2D eigenvalue weighted by Gasteiger charge is 2.17. The van der Waals surface area contributed by atoms with Gasteiger partial charge in [0.05, 0.1) is 0 Å². The van der Waals surface area contributed by atoms with Gasteiger partial charge in [-0.25, -0.2) is 0 Å². The Kier molecular flexibility index (Phi) is 6.39. The van der Waals surface area contributed by atoms with Crippen LogP contribution in [-0.2, 0) is 0 Å². The molecule has 0 bridgehead atoms. The summed E-state index contributed by atoms with van der Waals surface area (Å²) in [6, 6.07) is 63.2. The van der Waals surface area contributed by atoms with Gasteiger partial charge in [0.1, 0.15) is 11.2 Å². The molecule has 2 nitrogen and oxygen atoms in total. The van der Waals surface area contributed by atoms with Gasteiger partial charge in [0.25, 0.3) is 0 Å². The molecule has 3 heteroatoms. The van der Waals surface area contributed by atoms with E-state index in [-0.39, 0.29) is 0 Å². The van der Waals surface area contributed by atoms with E-state index < -0.39 is 0 Å². The Morgan fingerprint density at radius 2 is 1.06 bits per heavy atom. The topological polar surface area (TPSA) is 16.4 Å². The molecule has 10 aromatic rings. The molecule has 0 aliphatic carbocycles. The Morgan fingerprint density at radius 3 is 1.88 bits per heavy atom. The van der Waals surface area contributed by atoms with Gasteiger partial charge in [-0.05, 0) is 87.6 Å². The molecule has 0 radical (unpaired) electrons. The molecule has 0 amide bonds. The Balaban J connectivity index is 1.11. The van der Waals surface area contributed by atoms with E-state index in [1.165, 1.54) is 53.2 Å². The van der Waals surface area contributed by atoms with E-state index in [1.54, 1.807) is 0 Å². The first-order valence-electron chi connectivity index (χ1n) is 16.6. The predicted octanol–water partition coefficient (Wildman–Crippen LogP) is 13.9. The number of rotatable bonds is 5. The van der Waals surface area contributed by atoms with Crippen molar-refractivity contribution in [1.82, 2.24) is 0 Å². The fourth-order valence-electron chi connectivity index (χ4n) is 7.32. The molecule has 0 saturated heterocycles. The van der Waals surface area contributed by atoms with Crippen LogP contribution in [0.25, 0.3) is 75.1 Å². The lowest BCUT2D eigenvalue weighted by atomic mass is 9.98. The molecule has 0 aliphatic heterocycles. The monoisotopic (exact) mass is 643 g/mol. The molecule has 2 aromatic heterocycles. The molecule has 10 rings (SSSR count). The fourth-order valence-corrected chi connectivity index (χ4v) is 8.58. The summed E-state index contributed by atoms with van der Waals surface area (Å²) in [4.78, 5) is 2.34. The van der Waals surface area contributed by atoms with Crippen molar-refractivity contribution >= 4 is 81.3 Å². The van der Waals surface area contributed by atoms with Gasteiger partial charge in [0, 0.05) is 48.0 Å². The zero-order valence-electron chi connectivity index (χ0n) is 26.5. The van der Waals surface area contributed by atoms with Crippen LogP contribution in [0.4, 0.5) is 17.1 Å². The van der Waals surface area contributed by atoms with Crippen molar-refractivity contribution in [3.8, 4) is 22.3 Å². The molecule has 8 aromatic carbocycles. The van der Waals surface area contributed by atoms with Crippen LogP contribution in [0, 0.1) is 0 Å². The Hall–Kier alpha value is -6.16. The smallest absolute Gasteiger partial charge is 0.135 e. The number of hydrogen-bond acceptors (Lipinski definition) is 3. The second-order valence-corrected chi connectivity index (χ2v) is 13.6. The minimum atomic E-state index is 0.892. The number of para-hydroxylation sites is 1. The summed E-state index contributed by atoms with van der Waals surface area (Å²) >= 11 is 1.89. The van der Waals surface area contributed by atoms with Crippen LogP contribution >= 0.6 is 11.3 Å². The maximum atomic E-state index is 6.19. The number of anilines is 3. The van der Waals surface area contributed by atoms with Gasteiger partial charge in [-0.1, -0.05) is 121 Å². The first-order chi connectivity index (χ1) is 24.3. The molecule has 0 unspecified atom stereocenters. The summed E-state index contributed by atoms with van der Waals surface area (Å²) in [6.45, 7) is 0. The quantitative estimate of drug-likeness (QED) is 0.186. The Morgan fingerprint density at radius 1 is 0.408 bits per heavy atom. The molecule has 0 saturated carbocycles. The maximum absolute atomic E-state index is 6.19. The molecule has 2 heterocycles. The molecule has 0 N–H and O–H groups in total. The van der Waals surface area contributed by atoms with E-state index in [9.17, 15) is 0 Å². The number of thiophene rings is 1. The standard InChI is InChI=1S/C46H29NOS/c1-2-9-30(10-3-1)31-17-22-34(23-18-31)47(36-26-28-43-41(29-36)39-13-6-7-15-42(39)48-43)35-24-19-33(20-25-35)37-14-8-16-44-45(37)40-27-21-32-11-4-5-12-38(32)46(40)49-44/h1-29H. The summed E-state index contributed by atoms with van der Waals surface area (Å²) in [5, 5.41) is 7.48. The van der Waals surface area contributed by atoms with E-state index >= 15 is 0 Å². The third kappa shape index (κ3) is 4.62. The van der Waals surface area contributed by atoms with E-state index in [0.717, 1.165) is 39.0 Å². The molecular formula is C46H29NOS. The molecule has 230 valence electrons. The van der Waals surface area contributed by atoms with E-state index in [4.69, 9.17) is 4.42 Å². The molecule has 0 aliphatic rings. The van der Waals surface area contributed by atoms with Crippen LogP contribution in [0.3, 0.4) is 0 Å². The van der Waals surface area contributed by atoms with Crippen molar-refractivity contribution in [1.29, 1.82) is 0 Å². The molecular weight excluding hydrogens is 615 g/mol. The van der Waals surface area contributed by atoms with Gasteiger partial charge >= 0.3 is 0 Å². The van der Waals surface area contributed by atoms with Crippen molar-refractivity contribution < 1.29 is 4.42 Å². The van der Waals surface area contributed by atoms with Gasteiger partial charge in [-0.3, -0.25) is 0 Å². The number of hydrogen-bond donors (Lipinski definition) is 0. The molecule has 0 atom stereocenters.